The molecule has 1 aliphatic carbocycles. The number of carbonyl (C=O) groups is 1. The molecule has 0 spiro atoms. The highest BCUT2D eigenvalue weighted by molar-refractivity contribution is 5.70. The third kappa shape index (κ3) is 2.71. The van der Waals surface area contributed by atoms with Crippen LogP contribution in [0, 0.1) is 11.8 Å². The van der Waals surface area contributed by atoms with E-state index in [4.69, 9.17) is 9.84 Å². The van der Waals surface area contributed by atoms with Crippen molar-refractivity contribution in [3.63, 3.8) is 0 Å². The molecule has 1 saturated carbocycles. The quantitative estimate of drug-likeness (QED) is 0.757. The van der Waals surface area contributed by atoms with Gasteiger partial charge in [0.2, 0.25) is 0 Å². The molecular weight excluding hydrogens is 180 g/mol. The number of carboxylic acid groups (broad SMARTS) is 1. The monoisotopic (exact) mass is 200 g/mol. The standard InChI is InChI=1S/C11H20O3/c1-3-8-5-6-9(11(12)13)10(7-8)14-4-2/h8-10H,3-7H2,1-2H3,(H,12,13). The average molecular weight is 200 g/mol. The van der Waals surface area contributed by atoms with Crippen LogP contribution in [0.15, 0.2) is 0 Å². The van der Waals surface area contributed by atoms with E-state index in [-0.39, 0.29) is 12.0 Å². The predicted molar refractivity (Wildman–Crippen MR) is 54.2 cm³/mol. The summed E-state index contributed by atoms with van der Waals surface area (Å²) in [5.41, 5.74) is 0. The fraction of sp³-hybridized carbons (Fsp3) is 0.909. The van der Waals surface area contributed by atoms with Gasteiger partial charge < -0.3 is 9.84 Å². The minimum absolute atomic E-state index is 0.0591. The summed E-state index contributed by atoms with van der Waals surface area (Å²) >= 11 is 0. The van der Waals surface area contributed by atoms with Gasteiger partial charge in [0.1, 0.15) is 0 Å². The van der Waals surface area contributed by atoms with E-state index in [0.717, 1.165) is 25.7 Å². The minimum atomic E-state index is -0.696. The highest BCUT2D eigenvalue weighted by atomic mass is 16.5. The number of rotatable bonds is 4. The lowest BCUT2D eigenvalue weighted by molar-refractivity contribution is -0.150. The zero-order valence-electron chi connectivity index (χ0n) is 9.03. The van der Waals surface area contributed by atoms with E-state index in [1.165, 1.54) is 0 Å². The van der Waals surface area contributed by atoms with Crippen LogP contribution in [-0.2, 0) is 9.53 Å². The molecule has 0 heterocycles. The van der Waals surface area contributed by atoms with E-state index >= 15 is 0 Å². The Balaban J connectivity index is 2.55. The maximum absolute atomic E-state index is 11.0. The molecule has 1 fully saturated rings. The predicted octanol–water partition coefficient (Wildman–Crippen LogP) is 2.30. The first kappa shape index (κ1) is 11.5. The van der Waals surface area contributed by atoms with Crippen LogP contribution in [0.25, 0.3) is 0 Å². The lowest BCUT2D eigenvalue weighted by atomic mass is 9.78. The van der Waals surface area contributed by atoms with Gasteiger partial charge in [0.05, 0.1) is 12.0 Å². The number of ether oxygens (including phenoxy) is 1. The Morgan fingerprint density at radius 1 is 1.43 bits per heavy atom. The Hall–Kier alpha value is -0.570. The van der Waals surface area contributed by atoms with Gasteiger partial charge in [-0.05, 0) is 32.1 Å². The van der Waals surface area contributed by atoms with Crippen molar-refractivity contribution in [3.8, 4) is 0 Å². The molecule has 82 valence electrons. The second kappa shape index (κ2) is 5.35. The first-order chi connectivity index (χ1) is 6.69. The highest BCUT2D eigenvalue weighted by Gasteiger charge is 2.34. The number of hydrogen-bond acceptors (Lipinski definition) is 2. The molecule has 14 heavy (non-hydrogen) atoms. The van der Waals surface area contributed by atoms with Gasteiger partial charge >= 0.3 is 5.97 Å². The second-order valence-electron chi connectivity index (χ2n) is 4.03. The summed E-state index contributed by atoms with van der Waals surface area (Å²) < 4.78 is 5.51. The lowest BCUT2D eigenvalue weighted by Crippen LogP contribution is -2.36. The zero-order chi connectivity index (χ0) is 10.6. The Morgan fingerprint density at radius 3 is 2.64 bits per heavy atom. The number of hydrogen-bond donors (Lipinski definition) is 1. The van der Waals surface area contributed by atoms with Gasteiger partial charge in [-0.1, -0.05) is 13.3 Å². The van der Waals surface area contributed by atoms with Crippen LogP contribution < -0.4 is 0 Å². The molecule has 1 rings (SSSR count). The summed E-state index contributed by atoms with van der Waals surface area (Å²) in [6.07, 6.45) is 3.81. The van der Waals surface area contributed by atoms with Gasteiger partial charge in [0.15, 0.2) is 0 Å². The summed E-state index contributed by atoms with van der Waals surface area (Å²) in [5.74, 6) is -0.321. The van der Waals surface area contributed by atoms with Crippen LogP contribution in [-0.4, -0.2) is 23.8 Å². The fourth-order valence-corrected chi connectivity index (χ4v) is 2.26. The van der Waals surface area contributed by atoms with Crippen molar-refractivity contribution in [1.82, 2.24) is 0 Å². The van der Waals surface area contributed by atoms with E-state index < -0.39 is 5.97 Å². The summed E-state index contributed by atoms with van der Waals surface area (Å²) in [6.45, 7) is 4.70. The van der Waals surface area contributed by atoms with Crippen LogP contribution in [0.2, 0.25) is 0 Å². The molecule has 0 aromatic heterocycles. The van der Waals surface area contributed by atoms with Crippen LogP contribution in [0.5, 0.6) is 0 Å². The first-order valence-electron chi connectivity index (χ1n) is 5.53. The molecule has 0 amide bonds. The summed E-state index contributed by atoms with van der Waals surface area (Å²) in [7, 11) is 0. The van der Waals surface area contributed by atoms with Gasteiger partial charge in [0, 0.05) is 6.61 Å². The zero-order valence-corrected chi connectivity index (χ0v) is 9.03. The molecule has 0 bridgehead atoms. The molecule has 0 aromatic rings. The Bertz CT molecular complexity index is 191. The maximum Gasteiger partial charge on any atom is 0.309 e. The van der Waals surface area contributed by atoms with Gasteiger partial charge in [0.25, 0.3) is 0 Å². The molecule has 0 saturated heterocycles. The molecule has 0 aromatic carbocycles. The van der Waals surface area contributed by atoms with Crippen molar-refractivity contribution < 1.29 is 14.6 Å². The Morgan fingerprint density at radius 2 is 2.14 bits per heavy atom. The van der Waals surface area contributed by atoms with Crippen molar-refractivity contribution in [2.24, 2.45) is 11.8 Å². The summed E-state index contributed by atoms with van der Waals surface area (Å²) in [6, 6.07) is 0. The van der Waals surface area contributed by atoms with Crippen molar-refractivity contribution in [3.05, 3.63) is 0 Å². The summed E-state index contributed by atoms with van der Waals surface area (Å²) in [5, 5.41) is 9.01. The van der Waals surface area contributed by atoms with Gasteiger partial charge in [-0.2, -0.15) is 0 Å². The topological polar surface area (TPSA) is 46.5 Å². The van der Waals surface area contributed by atoms with E-state index in [0.29, 0.717) is 12.5 Å². The fourth-order valence-electron chi connectivity index (χ4n) is 2.26. The number of aliphatic carboxylic acids is 1. The SMILES string of the molecule is CCOC1CC(CC)CCC1C(=O)O. The third-order valence-electron chi connectivity index (χ3n) is 3.18. The van der Waals surface area contributed by atoms with Gasteiger partial charge in [-0.3, -0.25) is 4.79 Å². The molecule has 0 radical (unpaired) electrons. The Kier molecular flexibility index (Phi) is 4.39. The first-order valence-corrected chi connectivity index (χ1v) is 5.53. The third-order valence-corrected chi connectivity index (χ3v) is 3.18. The summed E-state index contributed by atoms with van der Waals surface area (Å²) in [4.78, 5) is 11.0. The van der Waals surface area contributed by atoms with Crippen molar-refractivity contribution in [2.75, 3.05) is 6.61 Å². The van der Waals surface area contributed by atoms with Crippen LogP contribution in [0.4, 0.5) is 0 Å². The van der Waals surface area contributed by atoms with Crippen molar-refractivity contribution >= 4 is 5.97 Å². The maximum atomic E-state index is 11.0. The van der Waals surface area contributed by atoms with E-state index in [2.05, 4.69) is 6.92 Å². The number of carboxylic acids is 1. The van der Waals surface area contributed by atoms with Crippen LogP contribution in [0.3, 0.4) is 0 Å². The van der Waals surface area contributed by atoms with E-state index in [1.54, 1.807) is 0 Å². The van der Waals surface area contributed by atoms with Crippen LogP contribution >= 0.6 is 0 Å². The Labute approximate surface area is 85.5 Å². The largest absolute Gasteiger partial charge is 0.481 e. The van der Waals surface area contributed by atoms with Crippen molar-refractivity contribution in [2.45, 2.75) is 45.6 Å². The second-order valence-corrected chi connectivity index (χ2v) is 4.03. The van der Waals surface area contributed by atoms with Crippen molar-refractivity contribution in [1.29, 1.82) is 0 Å². The molecule has 0 aliphatic heterocycles. The molecule has 1 aliphatic rings. The lowest BCUT2D eigenvalue weighted by Gasteiger charge is -2.33. The molecule has 3 atom stereocenters. The van der Waals surface area contributed by atoms with Crippen LogP contribution in [0.1, 0.15) is 39.5 Å². The molecule has 1 N–H and O–H groups in total. The average Bonchev–Trinajstić information content (AvgIpc) is 2.17. The molecule has 3 unspecified atom stereocenters. The van der Waals surface area contributed by atoms with E-state index in [1.807, 2.05) is 6.92 Å². The van der Waals surface area contributed by atoms with Gasteiger partial charge in [-0.25, -0.2) is 0 Å². The van der Waals surface area contributed by atoms with E-state index in [9.17, 15) is 4.79 Å². The molecular formula is C11H20O3. The highest BCUT2D eigenvalue weighted by Crippen LogP contribution is 2.32. The molecule has 3 heteroatoms. The minimum Gasteiger partial charge on any atom is -0.481 e. The molecule has 3 nitrogen and oxygen atoms in total. The van der Waals surface area contributed by atoms with Gasteiger partial charge in [-0.15, -0.1) is 0 Å². The smallest absolute Gasteiger partial charge is 0.309 e. The normalized spacial score (nSPS) is 32.9.